The van der Waals surface area contributed by atoms with Crippen LogP contribution < -0.4 is 10.1 Å². The Morgan fingerprint density at radius 1 is 1.15 bits per heavy atom. The number of Topliss-reactive ketones (excluding diaryl/α,β-unsaturated/α-hetero) is 1. The van der Waals surface area contributed by atoms with Crippen LogP contribution in [0.5, 0.6) is 11.5 Å². The minimum absolute atomic E-state index is 0.134. The Morgan fingerprint density at radius 3 is 2.50 bits per heavy atom. The number of aliphatic hydroxyl groups is 1. The Morgan fingerprint density at radius 2 is 1.88 bits per heavy atom. The van der Waals surface area contributed by atoms with Gasteiger partial charge in [0.1, 0.15) is 11.5 Å². The fraction of sp³-hybridized carbons (Fsp3) is 0.300. The Hall–Kier alpha value is -2.70. The molecule has 1 saturated heterocycles. The first-order valence-corrected chi connectivity index (χ1v) is 8.42. The number of methoxy groups -OCH3 is 1. The van der Waals surface area contributed by atoms with Gasteiger partial charge in [0.05, 0.1) is 24.8 Å². The fourth-order valence-electron chi connectivity index (χ4n) is 3.01. The third-order valence-corrected chi connectivity index (χ3v) is 4.53. The lowest BCUT2D eigenvalue weighted by molar-refractivity contribution is 0.0599. The predicted octanol–water partition coefficient (Wildman–Crippen LogP) is 2.48. The number of rotatable bonds is 5. The van der Waals surface area contributed by atoms with Gasteiger partial charge in [-0.15, -0.1) is 0 Å². The zero-order chi connectivity index (χ0) is 18.7. The summed E-state index contributed by atoms with van der Waals surface area (Å²) in [4.78, 5) is 24.2. The molecule has 0 amide bonds. The molecule has 6 heteroatoms. The van der Waals surface area contributed by atoms with Gasteiger partial charge >= 0.3 is 5.97 Å². The highest BCUT2D eigenvalue weighted by Crippen LogP contribution is 2.28. The van der Waals surface area contributed by atoms with E-state index < -0.39 is 18.1 Å². The smallest absolute Gasteiger partial charge is 0.338 e. The van der Waals surface area contributed by atoms with E-state index in [0.717, 1.165) is 0 Å². The van der Waals surface area contributed by atoms with E-state index in [1.807, 2.05) is 0 Å². The Kier molecular flexibility index (Phi) is 5.35. The van der Waals surface area contributed by atoms with Crippen molar-refractivity contribution in [3.05, 3.63) is 59.2 Å². The number of esters is 1. The van der Waals surface area contributed by atoms with Crippen LogP contribution in [0.3, 0.4) is 0 Å². The number of hydrogen-bond acceptors (Lipinski definition) is 6. The third kappa shape index (κ3) is 3.61. The second kappa shape index (κ2) is 7.68. The lowest BCUT2D eigenvalue weighted by Crippen LogP contribution is -2.38. The zero-order valence-corrected chi connectivity index (χ0v) is 14.7. The first-order chi connectivity index (χ1) is 12.5. The standard InChI is InChI=1S/C20H21NO5/c1-12-15(20(24)25-2)4-3-5-17(12)26-14-8-6-13(7-9-14)19(23)18-16(22)10-11-21-18/h3-9,16,18,21-22H,10-11H2,1-2H3/t16?,18-/m0/s1. The molecule has 0 bridgehead atoms. The van der Waals surface area contributed by atoms with Crippen molar-refractivity contribution in [2.45, 2.75) is 25.5 Å². The van der Waals surface area contributed by atoms with Crippen LogP contribution in [0.25, 0.3) is 0 Å². The van der Waals surface area contributed by atoms with Gasteiger partial charge in [-0.3, -0.25) is 4.79 Å². The lowest BCUT2D eigenvalue weighted by atomic mass is 10.0. The summed E-state index contributed by atoms with van der Waals surface area (Å²) in [6.07, 6.45) is -0.0740. The van der Waals surface area contributed by atoms with Gasteiger partial charge in [-0.2, -0.15) is 0 Å². The molecule has 1 unspecified atom stereocenters. The van der Waals surface area contributed by atoms with Crippen molar-refractivity contribution >= 4 is 11.8 Å². The van der Waals surface area contributed by atoms with Crippen molar-refractivity contribution in [3.63, 3.8) is 0 Å². The molecule has 0 radical (unpaired) electrons. The van der Waals surface area contributed by atoms with Crippen molar-refractivity contribution in [3.8, 4) is 11.5 Å². The third-order valence-electron chi connectivity index (χ3n) is 4.53. The molecule has 136 valence electrons. The van der Waals surface area contributed by atoms with E-state index in [2.05, 4.69) is 5.32 Å². The highest BCUT2D eigenvalue weighted by molar-refractivity contribution is 6.00. The number of nitrogens with one attached hydrogen (secondary N) is 1. The van der Waals surface area contributed by atoms with Crippen LogP contribution in [-0.2, 0) is 4.74 Å². The van der Waals surface area contributed by atoms with E-state index in [-0.39, 0.29) is 5.78 Å². The van der Waals surface area contributed by atoms with Crippen LogP contribution in [0.2, 0.25) is 0 Å². The van der Waals surface area contributed by atoms with Gasteiger partial charge in [0, 0.05) is 11.1 Å². The van der Waals surface area contributed by atoms with E-state index in [0.29, 0.717) is 41.2 Å². The van der Waals surface area contributed by atoms with Gasteiger partial charge in [0.15, 0.2) is 5.78 Å². The molecule has 26 heavy (non-hydrogen) atoms. The van der Waals surface area contributed by atoms with Gasteiger partial charge in [-0.05, 0) is 56.3 Å². The summed E-state index contributed by atoms with van der Waals surface area (Å²) in [7, 11) is 1.33. The largest absolute Gasteiger partial charge is 0.465 e. The lowest BCUT2D eigenvalue weighted by Gasteiger charge is -2.14. The summed E-state index contributed by atoms with van der Waals surface area (Å²) in [5.41, 5.74) is 1.63. The summed E-state index contributed by atoms with van der Waals surface area (Å²) in [5.74, 6) is 0.536. The molecule has 2 aromatic carbocycles. The molecule has 2 atom stereocenters. The molecule has 2 N–H and O–H groups in total. The van der Waals surface area contributed by atoms with Gasteiger partial charge in [-0.25, -0.2) is 4.79 Å². The molecule has 1 aliphatic heterocycles. The van der Waals surface area contributed by atoms with Gasteiger partial charge in [0.2, 0.25) is 0 Å². The van der Waals surface area contributed by atoms with E-state index >= 15 is 0 Å². The van der Waals surface area contributed by atoms with Crippen molar-refractivity contribution in [1.82, 2.24) is 5.32 Å². The Balaban J connectivity index is 1.76. The van der Waals surface area contributed by atoms with Crippen LogP contribution >= 0.6 is 0 Å². The Bertz CT molecular complexity index is 815. The molecule has 0 spiro atoms. The van der Waals surface area contributed by atoms with Crippen LogP contribution in [0.15, 0.2) is 42.5 Å². The maximum absolute atomic E-state index is 12.4. The van der Waals surface area contributed by atoms with Crippen molar-refractivity contribution in [2.24, 2.45) is 0 Å². The number of carbonyl (C=O) groups excluding carboxylic acids is 2. The molecule has 0 aromatic heterocycles. The molecular formula is C20H21NO5. The number of benzene rings is 2. The van der Waals surface area contributed by atoms with Crippen LogP contribution in [0, 0.1) is 6.92 Å². The molecule has 1 aliphatic rings. The molecule has 1 heterocycles. The number of aliphatic hydroxyl groups excluding tert-OH is 1. The topological polar surface area (TPSA) is 84.9 Å². The molecular weight excluding hydrogens is 334 g/mol. The maximum atomic E-state index is 12.4. The number of hydrogen-bond donors (Lipinski definition) is 2. The van der Waals surface area contributed by atoms with Crippen LogP contribution in [0.1, 0.15) is 32.7 Å². The quantitative estimate of drug-likeness (QED) is 0.633. The van der Waals surface area contributed by atoms with E-state index in [4.69, 9.17) is 9.47 Å². The highest BCUT2D eigenvalue weighted by Gasteiger charge is 2.31. The van der Waals surface area contributed by atoms with Gasteiger partial charge in [0.25, 0.3) is 0 Å². The number of ether oxygens (including phenoxy) is 2. The maximum Gasteiger partial charge on any atom is 0.338 e. The number of carbonyl (C=O) groups is 2. The summed E-state index contributed by atoms with van der Waals surface area (Å²) in [5, 5.41) is 12.9. The summed E-state index contributed by atoms with van der Waals surface area (Å²) in [6, 6.07) is 11.3. The Labute approximate surface area is 151 Å². The second-order valence-electron chi connectivity index (χ2n) is 6.20. The average molecular weight is 355 g/mol. The number of ketones is 1. The normalized spacial score (nSPS) is 19.2. The first kappa shape index (κ1) is 18.1. The fourth-order valence-corrected chi connectivity index (χ4v) is 3.01. The molecule has 0 aliphatic carbocycles. The SMILES string of the molecule is COC(=O)c1cccc(Oc2ccc(C(=O)[C@H]3NCCC3O)cc2)c1C. The predicted molar refractivity (Wildman–Crippen MR) is 95.8 cm³/mol. The second-order valence-corrected chi connectivity index (χ2v) is 6.20. The van der Waals surface area contributed by atoms with Crippen LogP contribution in [0.4, 0.5) is 0 Å². The first-order valence-electron chi connectivity index (χ1n) is 8.42. The molecule has 1 fully saturated rings. The average Bonchev–Trinajstić information content (AvgIpc) is 3.09. The van der Waals surface area contributed by atoms with Crippen molar-refractivity contribution in [2.75, 3.05) is 13.7 Å². The van der Waals surface area contributed by atoms with E-state index in [1.54, 1.807) is 49.4 Å². The van der Waals surface area contributed by atoms with Gasteiger partial charge in [-0.1, -0.05) is 6.07 Å². The zero-order valence-electron chi connectivity index (χ0n) is 14.7. The molecule has 0 saturated carbocycles. The summed E-state index contributed by atoms with van der Waals surface area (Å²) in [6.45, 7) is 2.42. The highest BCUT2D eigenvalue weighted by atomic mass is 16.5. The molecule has 6 nitrogen and oxygen atoms in total. The van der Waals surface area contributed by atoms with Crippen molar-refractivity contribution in [1.29, 1.82) is 0 Å². The van der Waals surface area contributed by atoms with Crippen molar-refractivity contribution < 1.29 is 24.2 Å². The van der Waals surface area contributed by atoms with Gasteiger partial charge < -0.3 is 19.9 Å². The van der Waals surface area contributed by atoms with E-state index in [9.17, 15) is 14.7 Å². The minimum Gasteiger partial charge on any atom is -0.465 e. The summed E-state index contributed by atoms with van der Waals surface area (Å²) >= 11 is 0. The van der Waals surface area contributed by atoms with Crippen LogP contribution in [-0.4, -0.2) is 42.7 Å². The summed E-state index contributed by atoms with van der Waals surface area (Å²) < 4.78 is 10.6. The molecule has 3 rings (SSSR count). The van der Waals surface area contributed by atoms with E-state index in [1.165, 1.54) is 7.11 Å². The monoisotopic (exact) mass is 355 g/mol. The molecule has 2 aromatic rings. The minimum atomic E-state index is -0.651.